The van der Waals surface area contributed by atoms with Crippen LogP contribution in [0.25, 0.3) is 0 Å². The molecular weight excluding hydrogens is 140 g/mol. The molecule has 0 aromatic carbocycles. The van der Waals surface area contributed by atoms with Crippen LogP contribution in [0.4, 0.5) is 0 Å². The van der Waals surface area contributed by atoms with E-state index < -0.39 is 0 Å². The highest BCUT2D eigenvalue weighted by Crippen LogP contribution is 2.37. The first kappa shape index (κ1) is 7.56. The highest BCUT2D eigenvalue weighted by atomic mass is 16.7. The van der Waals surface area contributed by atoms with E-state index in [1.54, 1.807) is 7.11 Å². The summed E-state index contributed by atoms with van der Waals surface area (Å²) in [5.41, 5.74) is 0. The highest BCUT2D eigenvalue weighted by molar-refractivity contribution is 4.82. The van der Waals surface area contributed by atoms with Gasteiger partial charge in [0.1, 0.15) is 0 Å². The molecule has 64 valence electrons. The van der Waals surface area contributed by atoms with E-state index in [4.69, 9.17) is 9.47 Å². The van der Waals surface area contributed by atoms with Crippen molar-refractivity contribution in [2.24, 2.45) is 5.92 Å². The van der Waals surface area contributed by atoms with Gasteiger partial charge in [0.15, 0.2) is 6.29 Å². The predicted octanol–water partition coefficient (Wildman–Crippen LogP) is 1.94. The Morgan fingerprint density at radius 3 is 2.82 bits per heavy atom. The van der Waals surface area contributed by atoms with E-state index in [0.29, 0.717) is 6.10 Å². The molecule has 0 spiro atoms. The largest absolute Gasteiger partial charge is 0.356 e. The minimum absolute atomic E-state index is 0.100. The average Bonchev–Trinajstić information content (AvgIpc) is 2.46. The van der Waals surface area contributed by atoms with Gasteiger partial charge in [-0.3, -0.25) is 0 Å². The molecule has 1 saturated heterocycles. The lowest BCUT2D eigenvalue weighted by molar-refractivity contribution is -0.118. The molecule has 0 aromatic rings. The molecule has 2 fully saturated rings. The van der Waals surface area contributed by atoms with Gasteiger partial charge in [0.2, 0.25) is 0 Å². The van der Waals surface area contributed by atoms with Crippen molar-refractivity contribution in [3.63, 3.8) is 0 Å². The molecule has 1 saturated carbocycles. The van der Waals surface area contributed by atoms with Crippen LogP contribution < -0.4 is 0 Å². The Balaban J connectivity index is 1.92. The molecule has 3 atom stereocenters. The number of fused-ring (bicyclic) bond motifs is 1. The van der Waals surface area contributed by atoms with Gasteiger partial charge in [0.25, 0.3) is 0 Å². The summed E-state index contributed by atoms with van der Waals surface area (Å²) in [4.78, 5) is 0. The minimum Gasteiger partial charge on any atom is -0.356 e. The van der Waals surface area contributed by atoms with Crippen LogP contribution in [0.15, 0.2) is 0 Å². The van der Waals surface area contributed by atoms with Crippen LogP contribution in [-0.4, -0.2) is 19.5 Å². The first-order valence-electron chi connectivity index (χ1n) is 4.58. The summed E-state index contributed by atoms with van der Waals surface area (Å²) < 4.78 is 10.9. The summed E-state index contributed by atoms with van der Waals surface area (Å²) in [6, 6.07) is 0. The molecule has 0 bridgehead atoms. The molecule has 0 radical (unpaired) electrons. The molecule has 0 amide bonds. The first-order valence-corrected chi connectivity index (χ1v) is 4.58. The molecule has 2 heteroatoms. The lowest BCUT2D eigenvalue weighted by Crippen LogP contribution is -2.20. The van der Waals surface area contributed by atoms with Crippen molar-refractivity contribution in [2.45, 2.75) is 44.5 Å². The van der Waals surface area contributed by atoms with Crippen LogP contribution in [0, 0.1) is 5.92 Å². The van der Waals surface area contributed by atoms with E-state index in [9.17, 15) is 0 Å². The number of methoxy groups -OCH3 is 1. The van der Waals surface area contributed by atoms with Crippen molar-refractivity contribution >= 4 is 0 Å². The Morgan fingerprint density at radius 2 is 2.09 bits per heavy atom. The van der Waals surface area contributed by atoms with E-state index in [1.165, 1.54) is 25.7 Å². The third kappa shape index (κ3) is 1.42. The average molecular weight is 156 g/mol. The Morgan fingerprint density at radius 1 is 1.27 bits per heavy atom. The van der Waals surface area contributed by atoms with E-state index in [-0.39, 0.29) is 6.29 Å². The Hall–Kier alpha value is -0.0800. The second kappa shape index (κ2) is 3.11. The number of rotatable bonds is 1. The fourth-order valence-corrected chi connectivity index (χ4v) is 2.27. The predicted molar refractivity (Wildman–Crippen MR) is 42.2 cm³/mol. The number of ether oxygens (including phenoxy) is 2. The first-order chi connectivity index (χ1) is 5.40. The van der Waals surface area contributed by atoms with Gasteiger partial charge in [-0.2, -0.15) is 0 Å². The van der Waals surface area contributed by atoms with Crippen molar-refractivity contribution in [1.82, 2.24) is 0 Å². The maximum Gasteiger partial charge on any atom is 0.157 e. The van der Waals surface area contributed by atoms with Crippen molar-refractivity contribution in [1.29, 1.82) is 0 Å². The fourth-order valence-electron chi connectivity index (χ4n) is 2.27. The number of hydrogen-bond acceptors (Lipinski definition) is 2. The highest BCUT2D eigenvalue weighted by Gasteiger charge is 2.36. The molecular formula is C9H16O2. The van der Waals surface area contributed by atoms with Crippen LogP contribution in [-0.2, 0) is 9.47 Å². The zero-order valence-electron chi connectivity index (χ0n) is 7.08. The van der Waals surface area contributed by atoms with Crippen molar-refractivity contribution in [2.75, 3.05) is 7.11 Å². The normalized spacial score (nSPS) is 43.9. The monoisotopic (exact) mass is 156 g/mol. The molecule has 3 unspecified atom stereocenters. The van der Waals surface area contributed by atoms with Gasteiger partial charge in [-0.1, -0.05) is 12.8 Å². The van der Waals surface area contributed by atoms with Crippen LogP contribution in [0.2, 0.25) is 0 Å². The summed E-state index contributed by atoms with van der Waals surface area (Å²) in [7, 11) is 1.74. The quantitative estimate of drug-likeness (QED) is 0.577. The van der Waals surface area contributed by atoms with Crippen LogP contribution in [0.3, 0.4) is 0 Å². The van der Waals surface area contributed by atoms with Gasteiger partial charge < -0.3 is 9.47 Å². The second-order valence-electron chi connectivity index (χ2n) is 3.62. The summed E-state index contributed by atoms with van der Waals surface area (Å²) >= 11 is 0. The molecule has 1 aliphatic carbocycles. The minimum atomic E-state index is 0.100. The maximum atomic E-state index is 5.69. The lowest BCUT2D eigenvalue weighted by atomic mass is 9.86. The Bertz CT molecular complexity index is 122. The standard InChI is InChI=1S/C9H16O2/c1-10-9-6-7-4-2-3-5-8(7)11-9/h7-9H,2-6H2,1H3. The van der Waals surface area contributed by atoms with Crippen LogP contribution in [0.5, 0.6) is 0 Å². The van der Waals surface area contributed by atoms with Crippen LogP contribution in [0.1, 0.15) is 32.1 Å². The van der Waals surface area contributed by atoms with E-state index in [0.717, 1.165) is 12.3 Å². The fraction of sp³-hybridized carbons (Fsp3) is 1.00. The van der Waals surface area contributed by atoms with Crippen molar-refractivity contribution in [3.8, 4) is 0 Å². The third-order valence-electron chi connectivity index (χ3n) is 2.92. The van der Waals surface area contributed by atoms with Gasteiger partial charge in [0.05, 0.1) is 6.10 Å². The Labute approximate surface area is 67.9 Å². The van der Waals surface area contributed by atoms with Gasteiger partial charge in [0, 0.05) is 13.5 Å². The van der Waals surface area contributed by atoms with E-state index >= 15 is 0 Å². The van der Waals surface area contributed by atoms with Crippen molar-refractivity contribution in [3.05, 3.63) is 0 Å². The lowest BCUT2D eigenvalue weighted by Gasteiger charge is -2.22. The summed E-state index contributed by atoms with van der Waals surface area (Å²) in [6.45, 7) is 0. The number of hydrogen-bond donors (Lipinski definition) is 0. The van der Waals surface area contributed by atoms with Gasteiger partial charge >= 0.3 is 0 Å². The smallest absolute Gasteiger partial charge is 0.157 e. The van der Waals surface area contributed by atoms with Gasteiger partial charge in [-0.05, 0) is 18.8 Å². The molecule has 2 nitrogen and oxygen atoms in total. The zero-order chi connectivity index (χ0) is 7.68. The summed E-state index contributed by atoms with van der Waals surface area (Å²) in [5, 5.41) is 0. The molecule has 11 heavy (non-hydrogen) atoms. The molecule has 2 rings (SSSR count). The maximum absolute atomic E-state index is 5.69. The van der Waals surface area contributed by atoms with Crippen molar-refractivity contribution < 1.29 is 9.47 Å². The Kier molecular flexibility index (Phi) is 2.14. The molecule has 0 N–H and O–H groups in total. The molecule has 1 heterocycles. The SMILES string of the molecule is COC1CC2CCCCC2O1. The van der Waals surface area contributed by atoms with E-state index in [1.807, 2.05) is 0 Å². The summed E-state index contributed by atoms with van der Waals surface area (Å²) in [5.74, 6) is 0.800. The zero-order valence-corrected chi connectivity index (χ0v) is 7.08. The molecule has 1 aliphatic heterocycles. The van der Waals surface area contributed by atoms with Crippen LogP contribution >= 0.6 is 0 Å². The van der Waals surface area contributed by atoms with Gasteiger partial charge in [-0.25, -0.2) is 0 Å². The summed E-state index contributed by atoms with van der Waals surface area (Å²) in [6.07, 6.45) is 7.09. The molecule has 0 aromatic heterocycles. The molecule has 2 aliphatic rings. The van der Waals surface area contributed by atoms with Gasteiger partial charge in [-0.15, -0.1) is 0 Å². The third-order valence-corrected chi connectivity index (χ3v) is 2.92. The van der Waals surface area contributed by atoms with E-state index in [2.05, 4.69) is 0 Å². The second-order valence-corrected chi connectivity index (χ2v) is 3.62. The topological polar surface area (TPSA) is 18.5 Å².